The number of anilines is 1. The SMILES string of the molecule is O=C1CCCC2=C1[C@@H](c1ccccc1)c1c(nc(SCc3ccccc3)[nH]c1=O)N2. The Balaban J connectivity index is 1.57. The minimum absolute atomic E-state index is 0.116. The van der Waals surface area contributed by atoms with Crippen molar-refractivity contribution in [2.24, 2.45) is 0 Å². The van der Waals surface area contributed by atoms with Crippen molar-refractivity contribution in [2.75, 3.05) is 5.32 Å². The third-order valence-electron chi connectivity index (χ3n) is 5.59. The standard InChI is InChI=1S/C24H21N3O2S/c28-18-13-7-12-17-20(18)19(16-10-5-2-6-11-16)21-22(25-17)26-24(27-23(21)29)30-14-15-8-3-1-4-9-15/h1-6,8-11,19H,7,12-14H2,(H2,25,26,27,29)/t19-/m1/s1. The highest BCUT2D eigenvalue weighted by molar-refractivity contribution is 7.98. The lowest BCUT2D eigenvalue weighted by molar-refractivity contribution is -0.116. The number of ketones is 1. The molecule has 150 valence electrons. The molecule has 1 aromatic heterocycles. The third-order valence-corrected chi connectivity index (χ3v) is 6.53. The molecule has 0 bridgehead atoms. The molecule has 2 aliphatic rings. The van der Waals surface area contributed by atoms with E-state index in [1.807, 2.05) is 48.5 Å². The zero-order valence-corrected chi connectivity index (χ0v) is 17.2. The molecule has 2 aromatic carbocycles. The summed E-state index contributed by atoms with van der Waals surface area (Å²) >= 11 is 1.50. The molecule has 6 heteroatoms. The lowest BCUT2D eigenvalue weighted by Crippen LogP contribution is -2.32. The molecule has 1 atom stereocenters. The van der Waals surface area contributed by atoms with Gasteiger partial charge in [0.1, 0.15) is 5.82 Å². The molecule has 0 amide bonds. The molecule has 1 aliphatic carbocycles. The first-order valence-electron chi connectivity index (χ1n) is 10.1. The number of aromatic nitrogens is 2. The van der Waals surface area contributed by atoms with Crippen LogP contribution < -0.4 is 10.9 Å². The molecule has 3 aromatic rings. The van der Waals surface area contributed by atoms with Gasteiger partial charge in [0.2, 0.25) is 0 Å². The van der Waals surface area contributed by atoms with Gasteiger partial charge in [-0.1, -0.05) is 72.4 Å². The van der Waals surface area contributed by atoms with E-state index in [9.17, 15) is 9.59 Å². The summed E-state index contributed by atoms with van der Waals surface area (Å²) in [4.78, 5) is 33.7. The van der Waals surface area contributed by atoms with E-state index >= 15 is 0 Å². The van der Waals surface area contributed by atoms with Gasteiger partial charge in [-0.25, -0.2) is 4.98 Å². The fourth-order valence-corrected chi connectivity index (χ4v) is 5.03. The van der Waals surface area contributed by atoms with Crippen LogP contribution in [0.4, 0.5) is 5.82 Å². The van der Waals surface area contributed by atoms with Crippen LogP contribution in [0.2, 0.25) is 0 Å². The normalized spacial score (nSPS) is 17.9. The molecule has 5 nitrogen and oxygen atoms in total. The molecular weight excluding hydrogens is 394 g/mol. The fourth-order valence-electron chi connectivity index (χ4n) is 4.21. The zero-order valence-electron chi connectivity index (χ0n) is 16.4. The highest BCUT2D eigenvalue weighted by atomic mass is 32.2. The Morgan fingerprint density at radius 2 is 1.70 bits per heavy atom. The van der Waals surface area contributed by atoms with Crippen LogP contribution in [0.15, 0.2) is 81.9 Å². The zero-order chi connectivity index (χ0) is 20.5. The Morgan fingerprint density at radius 3 is 2.47 bits per heavy atom. The van der Waals surface area contributed by atoms with Crippen LogP contribution in [0.1, 0.15) is 41.9 Å². The minimum atomic E-state index is -0.380. The maximum absolute atomic E-state index is 13.2. The summed E-state index contributed by atoms with van der Waals surface area (Å²) < 4.78 is 0. The predicted molar refractivity (Wildman–Crippen MR) is 119 cm³/mol. The second-order valence-corrected chi connectivity index (χ2v) is 8.51. The van der Waals surface area contributed by atoms with Crippen LogP contribution in [-0.2, 0) is 10.5 Å². The first-order chi connectivity index (χ1) is 14.7. The first kappa shape index (κ1) is 18.9. The van der Waals surface area contributed by atoms with E-state index in [1.165, 1.54) is 17.3 Å². The predicted octanol–water partition coefficient (Wildman–Crippen LogP) is 4.63. The smallest absolute Gasteiger partial charge is 0.257 e. The summed E-state index contributed by atoms with van der Waals surface area (Å²) in [5.74, 6) is 1.02. The molecule has 0 spiro atoms. The van der Waals surface area contributed by atoms with Crippen LogP contribution in [0.5, 0.6) is 0 Å². The molecular formula is C24H21N3O2S. The van der Waals surface area contributed by atoms with Gasteiger partial charge in [0.05, 0.1) is 5.56 Å². The number of fused-ring (bicyclic) bond motifs is 1. The Bertz CT molecular complexity index is 1190. The van der Waals surface area contributed by atoms with Crippen molar-refractivity contribution in [3.05, 3.63) is 99.0 Å². The van der Waals surface area contributed by atoms with Crippen molar-refractivity contribution in [1.29, 1.82) is 0 Å². The number of H-pyrrole nitrogens is 1. The molecule has 30 heavy (non-hydrogen) atoms. The molecule has 2 N–H and O–H groups in total. The summed E-state index contributed by atoms with van der Waals surface area (Å²) in [5, 5.41) is 3.90. The quantitative estimate of drug-likeness (QED) is 0.480. The summed E-state index contributed by atoms with van der Waals surface area (Å²) in [6.07, 6.45) is 2.14. The molecule has 2 heterocycles. The summed E-state index contributed by atoms with van der Waals surface area (Å²) in [5.41, 5.74) is 4.07. The highest BCUT2D eigenvalue weighted by Gasteiger charge is 2.37. The number of Topliss-reactive ketones (excluding diaryl/α,β-unsaturated/α-hetero) is 1. The fraction of sp³-hybridized carbons (Fsp3) is 0.208. The van der Waals surface area contributed by atoms with Crippen molar-refractivity contribution in [2.45, 2.75) is 36.1 Å². The summed E-state index contributed by atoms with van der Waals surface area (Å²) in [7, 11) is 0. The second-order valence-electron chi connectivity index (χ2n) is 7.55. The van der Waals surface area contributed by atoms with Gasteiger partial charge in [-0.2, -0.15) is 0 Å². The van der Waals surface area contributed by atoms with Gasteiger partial charge >= 0.3 is 0 Å². The summed E-state index contributed by atoms with van der Waals surface area (Å²) in [6.45, 7) is 0. The van der Waals surface area contributed by atoms with Gasteiger partial charge in [-0.3, -0.25) is 9.59 Å². The molecule has 0 unspecified atom stereocenters. The van der Waals surface area contributed by atoms with E-state index in [0.717, 1.165) is 35.4 Å². The Morgan fingerprint density at radius 1 is 0.967 bits per heavy atom. The Hall–Kier alpha value is -3.12. The number of benzene rings is 2. The molecule has 0 saturated heterocycles. The number of allylic oxidation sites excluding steroid dienone is 2. The number of hydrogen-bond donors (Lipinski definition) is 2. The number of thioether (sulfide) groups is 1. The third kappa shape index (κ3) is 3.48. The van der Waals surface area contributed by atoms with Crippen LogP contribution in [0.3, 0.4) is 0 Å². The van der Waals surface area contributed by atoms with Gasteiger partial charge in [0.15, 0.2) is 10.9 Å². The number of nitrogens with zero attached hydrogens (tertiary/aromatic N) is 1. The number of hydrogen-bond acceptors (Lipinski definition) is 5. The maximum Gasteiger partial charge on any atom is 0.257 e. The van der Waals surface area contributed by atoms with Crippen molar-refractivity contribution in [3.8, 4) is 0 Å². The van der Waals surface area contributed by atoms with Crippen molar-refractivity contribution < 1.29 is 4.79 Å². The van der Waals surface area contributed by atoms with Crippen LogP contribution in [-0.4, -0.2) is 15.8 Å². The van der Waals surface area contributed by atoms with Gasteiger partial charge in [0.25, 0.3) is 5.56 Å². The molecule has 0 fully saturated rings. The van der Waals surface area contributed by atoms with Crippen molar-refractivity contribution in [3.63, 3.8) is 0 Å². The first-order valence-corrected chi connectivity index (χ1v) is 11.1. The molecule has 5 rings (SSSR count). The largest absolute Gasteiger partial charge is 0.343 e. The average Bonchev–Trinajstić information content (AvgIpc) is 2.78. The molecule has 0 radical (unpaired) electrons. The Kier molecular flexibility index (Phi) is 5.01. The second kappa shape index (κ2) is 7.95. The van der Waals surface area contributed by atoms with Crippen molar-refractivity contribution in [1.82, 2.24) is 9.97 Å². The Labute approximate surface area is 178 Å². The number of carbonyl (C=O) groups excluding carboxylic acids is 1. The van der Waals surface area contributed by atoms with Crippen LogP contribution >= 0.6 is 11.8 Å². The lowest BCUT2D eigenvalue weighted by atomic mass is 9.76. The molecule has 1 aliphatic heterocycles. The number of nitrogens with one attached hydrogen (secondary N) is 2. The average molecular weight is 416 g/mol. The monoisotopic (exact) mass is 415 g/mol. The van der Waals surface area contributed by atoms with E-state index in [-0.39, 0.29) is 17.3 Å². The summed E-state index contributed by atoms with van der Waals surface area (Å²) in [6, 6.07) is 19.9. The van der Waals surface area contributed by atoms with E-state index in [0.29, 0.717) is 23.0 Å². The topological polar surface area (TPSA) is 74.8 Å². The van der Waals surface area contributed by atoms with E-state index in [1.54, 1.807) is 0 Å². The number of rotatable bonds is 4. The lowest BCUT2D eigenvalue weighted by Gasteiger charge is -2.32. The maximum atomic E-state index is 13.2. The molecule has 0 saturated carbocycles. The van der Waals surface area contributed by atoms with Crippen LogP contribution in [0, 0.1) is 0 Å². The minimum Gasteiger partial charge on any atom is -0.343 e. The van der Waals surface area contributed by atoms with E-state index in [2.05, 4.69) is 22.4 Å². The van der Waals surface area contributed by atoms with E-state index in [4.69, 9.17) is 4.98 Å². The van der Waals surface area contributed by atoms with Gasteiger partial charge in [0, 0.05) is 29.4 Å². The number of carbonyl (C=O) groups is 1. The number of aromatic amines is 1. The highest BCUT2D eigenvalue weighted by Crippen LogP contribution is 2.43. The van der Waals surface area contributed by atoms with Gasteiger partial charge < -0.3 is 10.3 Å². The van der Waals surface area contributed by atoms with Crippen molar-refractivity contribution >= 4 is 23.4 Å². The van der Waals surface area contributed by atoms with E-state index < -0.39 is 0 Å². The van der Waals surface area contributed by atoms with Crippen LogP contribution in [0.25, 0.3) is 0 Å². The van der Waals surface area contributed by atoms with Gasteiger partial charge in [-0.05, 0) is 24.0 Å². The van der Waals surface area contributed by atoms with Gasteiger partial charge in [-0.15, -0.1) is 0 Å².